The summed E-state index contributed by atoms with van der Waals surface area (Å²) in [6.07, 6.45) is 2.21. The van der Waals surface area contributed by atoms with E-state index in [1.807, 2.05) is 24.3 Å². The summed E-state index contributed by atoms with van der Waals surface area (Å²) in [7, 11) is 0. The highest BCUT2D eigenvalue weighted by Crippen LogP contribution is 2.31. The zero-order chi connectivity index (χ0) is 12.5. The minimum absolute atomic E-state index is 0.0214. The third-order valence-corrected chi connectivity index (χ3v) is 3.81. The van der Waals surface area contributed by atoms with E-state index in [-0.39, 0.29) is 11.6 Å². The molecule has 1 saturated heterocycles. The minimum Gasteiger partial charge on any atom is -0.365 e. The van der Waals surface area contributed by atoms with Crippen molar-refractivity contribution in [2.45, 2.75) is 38.3 Å². The summed E-state index contributed by atoms with van der Waals surface area (Å²) in [4.78, 5) is 2.35. The van der Waals surface area contributed by atoms with Crippen molar-refractivity contribution in [1.82, 2.24) is 0 Å². The summed E-state index contributed by atoms with van der Waals surface area (Å²) in [5.74, 6) is 0. The van der Waals surface area contributed by atoms with E-state index >= 15 is 0 Å². The van der Waals surface area contributed by atoms with Crippen LogP contribution in [0.5, 0.6) is 0 Å². The molecule has 1 heterocycles. The van der Waals surface area contributed by atoms with Gasteiger partial charge in [0.2, 0.25) is 0 Å². The van der Waals surface area contributed by atoms with Gasteiger partial charge in [0.1, 0.15) is 0 Å². The lowest BCUT2D eigenvalue weighted by Gasteiger charge is -2.48. The van der Waals surface area contributed by atoms with Crippen LogP contribution in [-0.2, 0) is 0 Å². The summed E-state index contributed by atoms with van der Waals surface area (Å²) in [6, 6.07) is 10.1. The molecule has 1 fully saturated rings. The van der Waals surface area contributed by atoms with Gasteiger partial charge in [-0.05, 0) is 51.0 Å². The molecule has 17 heavy (non-hydrogen) atoms. The highest BCUT2D eigenvalue weighted by molar-refractivity contribution is 5.52. The molecule has 1 aliphatic rings. The van der Waals surface area contributed by atoms with Crippen LogP contribution in [0.25, 0.3) is 0 Å². The Morgan fingerprint density at radius 2 is 2.00 bits per heavy atom. The first-order chi connectivity index (χ1) is 8.05. The van der Waals surface area contributed by atoms with Crippen molar-refractivity contribution in [2.75, 3.05) is 11.4 Å². The number of nitrogens with zero attached hydrogens (tertiary/aromatic N) is 2. The fourth-order valence-electron chi connectivity index (χ4n) is 2.49. The van der Waals surface area contributed by atoms with Crippen molar-refractivity contribution in [3.63, 3.8) is 0 Å². The Hall–Kier alpha value is -1.53. The summed E-state index contributed by atoms with van der Waals surface area (Å²) < 4.78 is 0. The molecule has 3 heteroatoms. The summed E-state index contributed by atoms with van der Waals surface area (Å²) in [6.45, 7) is 5.41. The lowest BCUT2D eigenvalue weighted by molar-refractivity contribution is 0.310. The Bertz CT molecular complexity index is 428. The number of piperidine rings is 1. The van der Waals surface area contributed by atoms with Gasteiger partial charge in [0, 0.05) is 23.8 Å². The predicted molar refractivity (Wildman–Crippen MR) is 69.8 cm³/mol. The molecule has 0 aliphatic carbocycles. The lowest BCUT2D eigenvalue weighted by atomic mass is 9.85. The minimum atomic E-state index is -0.0214. The van der Waals surface area contributed by atoms with Crippen LogP contribution in [0.4, 0.5) is 5.69 Å². The number of nitriles is 1. The van der Waals surface area contributed by atoms with Gasteiger partial charge in [0.05, 0.1) is 11.6 Å². The zero-order valence-corrected chi connectivity index (χ0v) is 10.5. The van der Waals surface area contributed by atoms with Crippen molar-refractivity contribution in [3.05, 3.63) is 29.8 Å². The fourth-order valence-corrected chi connectivity index (χ4v) is 2.49. The normalized spacial score (nSPS) is 23.2. The number of anilines is 1. The molecule has 0 radical (unpaired) electrons. The van der Waals surface area contributed by atoms with Crippen LogP contribution in [0, 0.1) is 11.3 Å². The van der Waals surface area contributed by atoms with Gasteiger partial charge in [-0.15, -0.1) is 0 Å². The van der Waals surface area contributed by atoms with E-state index in [9.17, 15) is 0 Å². The Morgan fingerprint density at radius 3 is 2.59 bits per heavy atom. The quantitative estimate of drug-likeness (QED) is 0.803. The molecule has 90 valence electrons. The maximum absolute atomic E-state index is 8.80. The molecule has 1 aromatic carbocycles. The van der Waals surface area contributed by atoms with E-state index in [2.05, 4.69) is 24.8 Å². The predicted octanol–water partition coefficient (Wildman–Crippen LogP) is 2.26. The standard InChI is InChI=1S/C14H19N3/c1-14(2)13(16)4-3-9-17(14)12-7-5-11(10-15)6-8-12/h5-8,13H,3-4,9,16H2,1-2H3. The van der Waals surface area contributed by atoms with Gasteiger partial charge in [-0.25, -0.2) is 0 Å². The maximum atomic E-state index is 8.80. The molecule has 2 N–H and O–H groups in total. The van der Waals surface area contributed by atoms with Gasteiger partial charge in [-0.3, -0.25) is 0 Å². The molecule has 0 bridgehead atoms. The van der Waals surface area contributed by atoms with Gasteiger partial charge < -0.3 is 10.6 Å². The van der Waals surface area contributed by atoms with Crippen molar-refractivity contribution in [1.29, 1.82) is 5.26 Å². The monoisotopic (exact) mass is 229 g/mol. The number of nitrogens with two attached hydrogens (primary N) is 1. The van der Waals surface area contributed by atoms with E-state index in [1.165, 1.54) is 0 Å². The third kappa shape index (κ3) is 2.13. The summed E-state index contributed by atoms with van der Waals surface area (Å²) in [5, 5.41) is 8.80. The number of hydrogen-bond acceptors (Lipinski definition) is 3. The summed E-state index contributed by atoms with van der Waals surface area (Å²) in [5.41, 5.74) is 8.04. The van der Waals surface area contributed by atoms with Gasteiger partial charge in [0.25, 0.3) is 0 Å². The third-order valence-electron chi connectivity index (χ3n) is 3.81. The largest absolute Gasteiger partial charge is 0.365 e. The van der Waals surface area contributed by atoms with Gasteiger partial charge in [-0.2, -0.15) is 5.26 Å². The Balaban J connectivity index is 2.29. The average Bonchev–Trinajstić information content (AvgIpc) is 2.33. The fraction of sp³-hybridized carbons (Fsp3) is 0.500. The lowest BCUT2D eigenvalue weighted by Crippen LogP contribution is -2.59. The van der Waals surface area contributed by atoms with Crippen LogP contribution in [0.2, 0.25) is 0 Å². The highest BCUT2D eigenvalue weighted by Gasteiger charge is 2.36. The molecular formula is C14H19N3. The average molecular weight is 229 g/mol. The van der Waals surface area contributed by atoms with Crippen LogP contribution < -0.4 is 10.6 Å². The number of benzene rings is 1. The second kappa shape index (κ2) is 4.38. The second-order valence-electron chi connectivity index (χ2n) is 5.21. The first-order valence-corrected chi connectivity index (χ1v) is 6.09. The van der Waals surface area contributed by atoms with Crippen LogP contribution in [0.15, 0.2) is 24.3 Å². The van der Waals surface area contributed by atoms with Gasteiger partial charge >= 0.3 is 0 Å². The van der Waals surface area contributed by atoms with E-state index in [4.69, 9.17) is 11.0 Å². The SMILES string of the molecule is CC1(C)C(N)CCCN1c1ccc(C#N)cc1. The first-order valence-electron chi connectivity index (χ1n) is 6.09. The van der Waals surface area contributed by atoms with E-state index in [0.29, 0.717) is 5.56 Å². The van der Waals surface area contributed by atoms with E-state index in [0.717, 1.165) is 25.1 Å². The molecule has 0 saturated carbocycles. The Labute approximate surface area is 103 Å². The summed E-state index contributed by atoms with van der Waals surface area (Å²) >= 11 is 0. The highest BCUT2D eigenvalue weighted by atomic mass is 15.2. The molecule has 2 rings (SSSR count). The van der Waals surface area contributed by atoms with E-state index < -0.39 is 0 Å². The van der Waals surface area contributed by atoms with Crippen LogP contribution in [-0.4, -0.2) is 18.1 Å². The van der Waals surface area contributed by atoms with E-state index in [1.54, 1.807) is 0 Å². The Morgan fingerprint density at radius 1 is 1.35 bits per heavy atom. The van der Waals surface area contributed by atoms with Crippen molar-refractivity contribution < 1.29 is 0 Å². The van der Waals surface area contributed by atoms with Crippen LogP contribution in [0.1, 0.15) is 32.3 Å². The topological polar surface area (TPSA) is 53.0 Å². The van der Waals surface area contributed by atoms with Crippen molar-refractivity contribution in [2.24, 2.45) is 5.73 Å². The smallest absolute Gasteiger partial charge is 0.0991 e. The van der Waals surface area contributed by atoms with Crippen molar-refractivity contribution in [3.8, 4) is 6.07 Å². The van der Waals surface area contributed by atoms with Gasteiger partial charge in [-0.1, -0.05) is 0 Å². The molecule has 0 amide bonds. The zero-order valence-electron chi connectivity index (χ0n) is 10.5. The van der Waals surface area contributed by atoms with Crippen LogP contribution >= 0.6 is 0 Å². The molecule has 0 aromatic heterocycles. The Kier molecular flexibility index (Phi) is 3.08. The number of hydrogen-bond donors (Lipinski definition) is 1. The maximum Gasteiger partial charge on any atom is 0.0991 e. The molecule has 1 unspecified atom stereocenters. The molecular weight excluding hydrogens is 210 g/mol. The van der Waals surface area contributed by atoms with Gasteiger partial charge in [0.15, 0.2) is 0 Å². The molecule has 1 aromatic rings. The molecule has 0 spiro atoms. The second-order valence-corrected chi connectivity index (χ2v) is 5.21. The molecule has 1 atom stereocenters. The molecule has 3 nitrogen and oxygen atoms in total. The molecule has 1 aliphatic heterocycles. The van der Waals surface area contributed by atoms with Crippen molar-refractivity contribution >= 4 is 5.69 Å². The first kappa shape index (κ1) is 11.9. The van der Waals surface area contributed by atoms with Crippen LogP contribution in [0.3, 0.4) is 0 Å². The number of rotatable bonds is 1.